The van der Waals surface area contributed by atoms with E-state index in [4.69, 9.17) is 27.9 Å². The third-order valence-corrected chi connectivity index (χ3v) is 2.75. The zero-order valence-electron chi connectivity index (χ0n) is 10.2. The maximum Gasteiger partial charge on any atom is 0.360 e. The summed E-state index contributed by atoms with van der Waals surface area (Å²) in [6, 6.07) is 0. The Kier molecular flexibility index (Phi) is 4.18. The molecule has 2 aromatic heterocycles. The molecular formula is C10H10Cl2N4O3. The largest absolute Gasteiger partial charge is 0.464 e. The second-order valence-corrected chi connectivity index (χ2v) is 4.14. The van der Waals surface area contributed by atoms with Gasteiger partial charge in [0.25, 0.3) is 0 Å². The molecular weight excluding hydrogens is 295 g/mol. The van der Waals surface area contributed by atoms with Gasteiger partial charge in [0.15, 0.2) is 10.8 Å². The molecule has 2 heterocycles. The predicted octanol–water partition coefficient (Wildman–Crippen LogP) is 1.91. The maximum atomic E-state index is 11.7. The second kappa shape index (κ2) is 5.68. The monoisotopic (exact) mass is 304 g/mol. The van der Waals surface area contributed by atoms with Crippen LogP contribution in [-0.4, -0.2) is 39.4 Å². The Hall–Kier alpha value is -1.44. The van der Waals surface area contributed by atoms with Crippen molar-refractivity contribution >= 4 is 40.2 Å². The fourth-order valence-corrected chi connectivity index (χ4v) is 2.00. The first kappa shape index (κ1) is 14.0. The number of esters is 1. The van der Waals surface area contributed by atoms with E-state index in [1.807, 2.05) is 6.92 Å². The highest BCUT2D eigenvalue weighted by Gasteiger charge is 2.22. The van der Waals surface area contributed by atoms with Crippen LogP contribution in [0.4, 0.5) is 0 Å². The van der Waals surface area contributed by atoms with Crippen LogP contribution in [0.5, 0.6) is 0 Å². The molecule has 2 aromatic rings. The Balaban J connectivity index is 2.66. The molecule has 0 aliphatic rings. The zero-order chi connectivity index (χ0) is 14.0. The summed E-state index contributed by atoms with van der Waals surface area (Å²) in [7, 11) is 1.25. The fraction of sp³-hybridized carbons (Fsp3) is 0.400. The third kappa shape index (κ3) is 2.63. The van der Waals surface area contributed by atoms with Crippen molar-refractivity contribution < 1.29 is 14.3 Å². The lowest BCUT2D eigenvalue weighted by Crippen LogP contribution is -2.07. The summed E-state index contributed by atoms with van der Waals surface area (Å²) in [5.41, 5.74) is 0.625. The number of methoxy groups -OCH3 is 1. The van der Waals surface area contributed by atoms with Crippen LogP contribution in [0, 0.1) is 0 Å². The minimum Gasteiger partial charge on any atom is -0.464 e. The molecule has 0 bridgehead atoms. The fourth-order valence-electron chi connectivity index (χ4n) is 1.52. The summed E-state index contributed by atoms with van der Waals surface area (Å²) in [6.45, 7) is 2.44. The van der Waals surface area contributed by atoms with Crippen LogP contribution in [0.15, 0.2) is 0 Å². The Morgan fingerprint density at radius 3 is 2.74 bits per heavy atom. The Morgan fingerprint density at radius 2 is 2.11 bits per heavy atom. The van der Waals surface area contributed by atoms with Crippen molar-refractivity contribution in [2.45, 2.75) is 13.7 Å². The Morgan fingerprint density at radius 1 is 1.37 bits per heavy atom. The molecule has 0 amide bonds. The molecule has 7 nitrogen and oxygen atoms in total. The van der Waals surface area contributed by atoms with Gasteiger partial charge in [0.1, 0.15) is 17.8 Å². The first-order chi connectivity index (χ1) is 9.08. The average Bonchev–Trinajstić information content (AvgIpc) is 2.74. The Bertz CT molecular complexity index is 629. The molecule has 0 spiro atoms. The van der Waals surface area contributed by atoms with Gasteiger partial charge in [-0.3, -0.25) is 0 Å². The number of hydrogen-bond acceptors (Lipinski definition) is 6. The van der Waals surface area contributed by atoms with Gasteiger partial charge in [-0.1, -0.05) is 11.6 Å². The summed E-state index contributed by atoms with van der Waals surface area (Å²) < 4.78 is 11.3. The van der Waals surface area contributed by atoms with Gasteiger partial charge in [0.2, 0.25) is 5.28 Å². The van der Waals surface area contributed by atoms with Gasteiger partial charge in [0.05, 0.1) is 7.11 Å². The van der Waals surface area contributed by atoms with E-state index in [1.165, 1.54) is 11.8 Å². The van der Waals surface area contributed by atoms with Crippen LogP contribution in [0.1, 0.15) is 17.4 Å². The normalized spacial score (nSPS) is 10.9. The van der Waals surface area contributed by atoms with Crippen LogP contribution in [0.2, 0.25) is 10.4 Å². The lowest BCUT2D eigenvalue weighted by Gasteiger charge is -2.03. The minimum atomic E-state index is -0.633. The lowest BCUT2D eigenvalue weighted by molar-refractivity contribution is 0.0585. The van der Waals surface area contributed by atoms with E-state index in [1.54, 1.807) is 0 Å². The SMILES string of the molecule is CCOCn1nc(C(=O)OC)c2nc(Cl)nc(Cl)c21. The molecule has 0 aliphatic heterocycles. The summed E-state index contributed by atoms with van der Waals surface area (Å²) in [5, 5.41) is 4.10. The van der Waals surface area contributed by atoms with Crippen molar-refractivity contribution in [2.75, 3.05) is 13.7 Å². The zero-order valence-corrected chi connectivity index (χ0v) is 11.7. The van der Waals surface area contributed by atoms with Gasteiger partial charge in [-0.25, -0.2) is 19.4 Å². The summed E-state index contributed by atoms with van der Waals surface area (Å²) in [6.07, 6.45) is 0. The van der Waals surface area contributed by atoms with Crippen molar-refractivity contribution in [3.63, 3.8) is 0 Å². The molecule has 9 heteroatoms. The van der Waals surface area contributed by atoms with Crippen LogP contribution >= 0.6 is 23.2 Å². The number of fused-ring (bicyclic) bond motifs is 1. The predicted molar refractivity (Wildman–Crippen MR) is 68.3 cm³/mol. The van der Waals surface area contributed by atoms with Crippen LogP contribution < -0.4 is 0 Å². The first-order valence-electron chi connectivity index (χ1n) is 5.34. The number of carbonyl (C=O) groups excluding carboxylic acids is 1. The minimum absolute atomic E-state index is 0.0170. The van der Waals surface area contributed by atoms with Gasteiger partial charge in [-0.2, -0.15) is 5.10 Å². The van der Waals surface area contributed by atoms with Gasteiger partial charge < -0.3 is 9.47 Å². The molecule has 0 unspecified atom stereocenters. The number of halogens is 2. The lowest BCUT2D eigenvalue weighted by atomic mass is 10.3. The number of rotatable bonds is 4. The topological polar surface area (TPSA) is 79.1 Å². The summed E-state index contributed by atoms with van der Waals surface area (Å²) in [4.78, 5) is 19.4. The number of hydrogen-bond donors (Lipinski definition) is 0. The standard InChI is InChI=1S/C10H10Cl2N4O3/c1-3-19-4-16-7-5(6(15-16)9(17)18-2)13-10(12)14-8(7)11/h3-4H2,1-2H3. The molecule has 0 fully saturated rings. The summed E-state index contributed by atoms with van der Waals surface area (Å²) in [5.74, 6) is -0.633. The van der Waals surface area contributed by atoms with Crippen molar-refractivity contribution in [3.05, 3.63) is 16.1 Å². The van der Waals surface area contributed by atoms with E-state index in [2.05, 4.69) is 19.8 Å². The smallest absolute Gasteiger partial charge is 0.360 e. The van der Waals surface area contributed by atoms with Crippen molar-refractivity contribution in [3.8, 4) is 0 Å². The number of aromatic nitrogens is 4. The molecule has 19 heavy (non-hydrogen) atoms. The molecule has 0 radical (unpaired) electrons. The molecule has 0 atom stereocenters. The highest BCUT2D eigenvalue weighted by Crippen LogP contribution is 2.25. The van der Waals surface area contributed by atoms with E-state index in [0.717, 1.165) is 0 Å². The number of nitrogens with zero attached hydrogens (tertiary/aromatic N) is 4. The van der Waals surface area contributed by atoms with Gasteiger partial charge in [-0.05, 0) is 18.5 Å². The van der Waals surface area contributed by atoms with Crippen molar-refractivity contribution in [1.82, 2.24) is 19.7 Å². The molecule has 0 aromatic carbocycles. The number of ether oxygens (including phenoxy) is 2. The first-order valence-corrected chi connectivity index (χ1v) is 6.09. The molecule has 2 rings (SSSR count). The van der Waals surface area contributed by atoms with E-state index < -0.39 is 5.97 Å². The molecule has 0 N–H and O–H groups in total. The number of carbonyl (C=O) groups is 1. The van der Waals surface area contributed by atoms with Crippen LogP contribution in [0.3, 0.4) is 0 Å². The highest BCUT2D eigenvalue weighted by molar-refractivity contribution is 6.35. The molecule has 0 saturated carbocycles. The van der Waals surface area contributed by atoms with E-state index in [-0.39, 0.29) is 28.4 Å². The Labute approximate surface area is 118 Å². The van der Waals surface area contributed by atoms with Gasteiger partial charge in [-0.15, -0.1) is 0 Å². The molecule has 0 aliphatic carbocycles. The average molecular weight is 305 g/mol. The van der Waals surface area contributed by atoms with Crippen molar-refractivity contribution in [2.24, 2.45) is 0 Å². The third-order valence-electron chi connectivity index (χ3n) is 2.31. The summed E-state index contributed by atoms with van der Waals surface area (Å²) >= 11 is 11.7. The maximum absolute atomic E-state index is 11.7. The van der Waals surface area contributed by atoms with E-state index >= 15 is 0 Å². The highest BCUT2D eigenvalue weighted by atomic mass is 35.5. The van der Waals surface area contributed by atoms with Gasteiger partial charge in [0, 0.05) is 6.61 Å². The van der Waals surface area contributed by atoms with Crippen molar-refractivity contribution in [1.29, 1.82) is 0 Å². The molecule has 102 valence electrons. The molecule has 0 saturated heterocycles. The van der Waals surface area contributed by atoms with E-state index in [0.29, 0.717) is 12.1 Å². The van der Waals surface area contributed by atoms with Gasteiger partial charge >= 0.3 is 5.97 Å². The quantitative estimate of drug-likeness (QED) is 0.488. The van der Waals surface area contributed by atoms with Crippen LogP contribution in [0.25, 0.3) is 11.0 Å². The second-order valence-electron chi connectivity index (χ2n) is 3.44. The van der Waals surface area contributed by atoms with Crippen LogP contribution in [-0.2, 0) is 16.2 Å². The van der Waals surface area contributed by atoms with E-state index in [9.17, 15) is 4.79 Å².